The van der Waals surface area contributed by atoms with Gasteiger partial charge < -0.3 is 14.5 Å². The molecule has 0 aliphatic carbocycles. The summed E-state index contributed by atoms with van der Waals surface area (Å²) in [6.07, 6.45) is 0. The van der Waals surface area contributed by atoms with Gasteiger partial charge in [-0.25, -0.2) is 4.79 Å². The minimum absolute atomic E-state index is 0.174. The van der Waals surface area contributed by atoms with E-state index in [0.29, 0.717) is 16.5 Å². The van der Waals surface area contributed by atoms with Crippen LogP contribution in [0.3, 0.4) is 0 Å². The number of aromatic carboxylic acids is 1. The SMILES string of the molecule is CN(C)C(=O)c1ccc2c(C(=O)O)onc2c1. The van der Waals surface area contributed by atoms with Gasteiger partial charge in [-0.2, -0.15) is 0 Å². The molecule has 1 N–H and O–H groups in total. The minimum Gasteiger partial charge on any atom is -0.475 e. The van der Waals surface area contributed by atoms with Gasteiger partial charge in [0.05, 0.1) is 5.39 Å². The molecule has 2 aromatic rings. The Bertz CT molecular complexity index is 601. The zero-order chi connectivity index (χ0) is 12.6. The largest absolute Gasteiger partial charge is 0.475 e. The van der Waals surface area contributed by atoms with Crippen molar-refractivity contribution in [3.05, 3.63) is 29.5 Å². The van der Waals surface area contributed by atoms with Gasteiger partial charge >= 0.3 is 5.97 Å². The normalized spacial score (nSPS) is 10.5. The first-order valence-corrected chi connectivity index (χ1v) is 4.85. The van der Waals surface area contributed by atoms with E-state index in [4.69, 9.17) is 9.63 Å². The molecule has 0 saturated heterocycles. The van der Waals surface area contributed by atoms with E-state index in [-0.39, 0.29) is 11.7 Å². The molecular formula is C11H10N2O4. The average molecular weight is 234 g/mol. The minimum atomic E-state index is -1.18. The van der Waals surface area contributed by atoms with Gasteiger partial charge in [0.1, 0.15) is 5.52 Å². The van der Waals surface area contributed by atoms with Crippen molar-refractivity contribution in [1.82, 2.24) is 10.1 Å². The van der Waals surface area contributed by atoms with Gasteiger partial charge in [0.2, 0.25) is 0 Å². The van der Waals surface area contributed by atoms with Gasteiger partial charge in [-0.1, -0.05) is 5.16 Å². The van der Waals surface area contributed by atoms with Crippen LogP contribution in [0.15, 0.2) is 22.7 Å². The Hall–Kier alpha value is -2.37. The summed E-state index contributed by atoms with van der Waals surface area (Å²) >= 11 is 0. The lowest BCUT2D eigenvalue weighted by molar-refractivity contribution is 0.0654. The van der Waals surface area contributed by atoms with Crippen molar-refractivity contribution in [2.75, 3.05) is 14.1 Å². The molecule has 1 aromatic heterocycles. The van der Waals surface area contributed by atoms with Crippen LogP contribution >= 0.6 is 0 Å². The molecular weight excluding hydrogens is 224 g/mol. The predicted molar refractivity (Wildman–Crippen MR) is 59.0 cm³/mol. The molecule has 0 radical (unpaired) electrons. The van der Waals surface area contributed by atoms with Gasteiger partial charge in [0.15, 0.2) is 0 Å². The highest BCUT2D eigenvalue weighted by atomic mass is 16.5. The van der Waals surface area contributed by atoms with Crippen molar-refractivity contribution in [3.63, 3.8) is 0 Å². The van der Waals surface area contributed by atoms with Crippen molar-refractivity contribution in [2.45, 2.75) is 0 Å². The standard InChI is InChI=1S/C11H10N2O4/c1-13(2)10(14)6-3-4-7-8(5-6)12-17-9(7)11(15)16/h3-5H,1-2H3,(H,15,16). The second kappa shape index (κ2) is 3.89. The molecule has 0 unspecified atom stereocenters. The zero-order valence-corrected chi connectivity index (χ0v) is 9.30. The molecule has 0 aliphatic rings. The maximum absolute atomic E-state index is 11.7. The Labute approximate surface area is 96.4 Å². The number of aromatic nitrogens is 1. The number of carbonyl (C=O) groups excluding carboxylic acids is 1. The highest BCUT2D eigenvalue weighted by Crippen LogP contribution is 2.20. The van der Waals surface area contributed by atoms with Gasteiger partial charge in [-0.3, -0.25) is 4.79 Å². The molecule has 1 heterocycles. The summed E-state index contributed by atoms with van der Waals surface area (Å²) in [5, 5.41) is 12.8. The van der Waals surface area contributed by atoms with E-state index in [1.165, 1.54) is 17.0 Å². The third-order valence-electron chi connectivity index (χ3n) is 2.33. The molecule has 1 amide bonds. The van der Waals surface area contributed by atoms with Crippen LogP contribution in [-0.2, 0) is 0 Å². The number of carboxylic acid groups (broad SMARTS) is 1. The molecule has 0 saturated carbocycles. The Kier molecular flexibility index (Phi) is 2.55. The van der Waals surface area contributed by atoms with E-state index in [1.807, 2.05) is 0 Å². The second-order valence-electron chi connectivity index (χ2n) is 3.75. The van der Waals surface area contributed by atoms with E-state index >= 15 is 0 Å². The number of amides is 1. The summed E-state index contributed by atoms with van der Waals surface area (Å²) in [5.74, 6) is -1.57. The van der Waals surface area contributed by atoms with Gasteiger partial charge in [0.25, 0.3) is 11.7 Å². The van der Waals surface area contributed by atoms with Crippen molar-refractivity contribution >= 4 is 22.8 Å². The van der Waals surface area contributed by atoms with Crippen molar-refractivity contribution in [2.24, 2.45) is 0 Å². The van der Waals surface area contributed by atoms with Gasteiger partial charge in [0, 0.05) is 19.7 Å². The summed E-state index contributed by atoms with van der Waals surface area (Å²) in [4.78, 5) is 23.9. The lowest BCUT2D eigenvalue weighted by Crippen LogP contribution is -2.21. The van der Waals surface area contributed by atoms with Gasteiger partial charge in [-0.15, -0.1) is 0 Å². The molecule has 0 atom stereocenters. The lowest BCUT2D eigenvalue weighted by atomic mass is 10.1. The summed E-state index contributed by atoms with van der Waals surface area (Å²) < 4.78 is 4.70. The van der Waals surface area contributed by atoms with Crippen LogP contribution in [0.25, 0.3) is 10.9 Å². The molecule has 6 heteroatoms. The smallest absolute Gasteiger partial charge is 0.375 e. The molecule has 0 aliphatic heterocycles. The lowest BCUT2D eigenvalue weighted by Gasteiger charge is -2.09. The van der Waals surface area contributed by atoms with Gasteiger partial charge in [-0.05, 0) is 18.2 Å². The van der Waals surface area contributed by atoms with Crippen molar-refractivity contribution in [1.29, 1.82) is 0 Å². The van der Waals surface area contributed by atoms with Crippen LogP contribution in [0.4, 0.5) is 0 Å². The summed E-state index contributed by atoms with van der Waals surface area (Å²) in [7, 11) is 3.27. The zero-order valence-electron chi connectivity index (χ0n) is 9.30. The monoisotopic (exact) mass is 234 g/mol. The average Bonchev–Trinajstić information content (AvgIpc) is 2.70. The van der Waals surface area contributed by atoms with E-state index in [9.17, 15) is 9.59 Å². The Morgan fingerprint density at radius 2 is 2.06 bits per heavy atom. The fraction of sp³-hybridized carbons (Fsp3) is 0.182. The molecule has 0 bridgehead atoms. The van der Waals surface area contributed by atoms with Crippen LogP contribution in [0.5, 0.6) is 0 Å². The first-order valence-electron chi connectivity index (χ1n) is 4.85. The molecule has 17 heavy (non-hydrogen) atoms. The number of nitrogens with zero attached hydrogens (tertiary/aromatic N) is 2. The molecule has 88 valence electrons. The van der Waals surface area contributed by atoms with Crippen LogP contribution in [-0.4, -0.2) is 41.1 Å². The summed E-state index contributed by atoms with van der Waals surface area (Å²) in [6, 6.07) is 4.58. The van der Waals surface area contributed by atoms with Crippen molar-refractivity contribution < 1.29 is 19.2 Å². The number of carbonyl (C=O) groups is 2. The number of fused-ring (bicyclic) bond motifs is 1. The third-order valence-corrected chi connectivity index (χ3v) is 2.33. The summed E-state index contributed by atoms with van der Waals surface area (Å²) in [5.41, 5.74) is 0.794. The number of benzene rings is 1. The van der Waals surface area contributed by atoms with E-state index in [0.717, 1.165) is 0 Å². The third kappa shape index (κ3) is 1.84. The first kappa shape index (κ1) is 11.1. The fourth-order valence-electron chi connectivity index (χ4n) is 1.49. The Balaban J connectivity index is 2.53. The van der Waals surface area contributed by atoms with Crippen LogP contribution in [0.1, 0.15) is 20.9 Å². The van der Waals surface area contributed by atoms with E-state index in [2.05, 4.69) is 5.16 Å². The number of carboxylic acids is 1. The maximum Gasteiger partial charge on any atom is 0.375 e. The van der Waals surface area contributed by atoms with E-state index in [1.54, 1.807) is 20.2 Å². The first-order chi connectivity index (χ1) is 8.00. The molecule has 0 spiro atoms. The quantitative estimate of drug-likeness (QED) is 0.844. The number of rotatable bonds is 2. The molecule has 6 nitrogen and oxygen atoms in total. The molecule has 0 fully saturated rings. The van der Waals surface area contributed by atoms with Crippen LogP contribution in [0.2, 0.25) is 0 Å². The maximum atomic E-state index is 11.7. The topological polar surface area (TPSA) is 83.6 Å². The van der Waals surface area contributed by atoms with Crippen molar-refractivity contribution in [3.8, 4) is 0 Å². The van der Waals surface area contributed by atoms with Crippen LogP contribution in [0, 0.1) is 0 Å². The molecule has 2 rings (SSSR count). The fourth-order valence-corrected chi connectivity index (χ4v) is 1.49. The Morgan fingerprint density at radius 3 is 2.65 bits per heavy atom. The van der Waals surface area contributed by atoms with Crippen LogP contribution < -0.4 is 0 Å². The number of hydrogen-bond acceptors (Lipinski definition) is 4. The highest BCUT2D eigenvalue weighted by Gasteiger charge is 2.17. The predicted octanol–water partition coefficient (Wildman–Crippen LogP) is 1.23. The Morgan fingerprint density at radius 1 is 1.35 bits per heavy atom. The highest BCUT2D eigenvalue weighted by molar-refractivity contribution is 6.03. The molecule has 1 aromatic carbocycles. The second-order valence-corrected chi connectivity index (χ2v) is 3.75. The van der Waals surface area contributed by atoms with E-state index < -0.39 is 5.97 Å². The number of hydrogen-bond donors (Lipinski definition) is 1. The summed E-state index contributed by atoms with van der Waals surface area (Å²) in [6.45, 7) is 0.